The number of carbonyl (C=O) groups excluding carboxylic acids is 1. The van der Waals surface area contributed by atoms with E-state index in [0.29, 0.717) is 5.69 Å². The molecule has 5 heteroatoms. The van der Waals surface area contributed by atoms with Crippen LogP contribution >= 0.6 is 0 Å². The monoisotopic (exact) mass is 321 g/mol. The van der Waals surface area contributed by atoms with Gasteiger partial charge < -0.3 is 10.1 Å². The van der Waals surface area contributed by atoms with E-state index in [2.05, 4.69) is 15.5 Å². The number of aromatic nitrogens is 2. The Morgan fingerprint density at radius 3 is 2.58 bits per heavy atom. The molecule has 0 aliphatic rings. The second-order valence-electron chi connectivity index (χ2n) is 5.47. The number of hydrogen-bond acceptors (Lipinski definition) is 3. The van der Waals surface area contributed by atoms with Crippen molar-refractivity contribution in [1.82, 2.24) is 15.5 Å². The summed E-state index contributed by atoms with van der Waals surface area (Å²) in [5.41, 5.74) is 3.06. The van der Waals surface area contributed by atoms with Gasteiger partial charge in [0, 0.05) is 11.1 Å². The molecule has 0 saturated carbocycles. The van der Waals surface area contributed by atoms with Gasteiger partial charge in [-0.15, -0.1) is 0 Å². The normalized spacial score (nSPS) is 11.8. The maximum Gasteiger partial charge on any atom is 0.269 e. The molecule has 2 aromatic carbocycles. The number of amides is 1. The van der Waals surface area contributed by atoms with Gasteiger partial charge in [0.15, 0.2) is 0 Å². The fraction of sp³-hybridized carbons (Fsp3) is 0.158. The van der Waals surface area contributed by atoms with E-state index in [1.165, 1.54) is 0 Å². The number of aromatic amines is 1. The molecular weight excluding hydrogens is 302 g/mol. The molecule has 0 bridgehead atoms. The van der Waals surface area contributed by atoms with E-state index in [1.54, 1.807) is 13.2 Å². The Labute approximate surface area is 140 Å². The van der Waals surface area contributed by atoms with Crippen LogP contribution in [0.25, 0.3) is 11.3 Å². The highest BCUT2D eigenvalue weighted by molar-refractivity contribution is 5.93. The fourth-order valence-corrected chi connectivity index (χ4v) is 2.57. The molecule has 1 atom stereocenters. The number of rotatable bonds is 5. The van der Waals surface area contributed by atoms with Gasteiger partial charge in [-0.2, -0.15) is 5.10 Å². The van der Waals surface area contributed by atoms with Gasteiger partial charge in [-0.05, 0) is 19.1 Å². The number of carbonyl (C=O) groups is 1. The van der Waals surface area contributed by atoms with Crippen molar-refractivity contribution in [3.05, 3.63) is 71.9 Å². The zero-order valence-corrected chi connectivity index (χ0v) is 13.6. The molecule has 1 aromatic heterocycles. The summed E-state index contributed by atoms with van der Waals surface area (Å²) in [4.78, 5) is 12.4. The van der Waals surface area contributed by atoms with Gasteiger partial charge in [0.25, 0.3) is 5.91 Å². The van der Waals surface area contributed by atoms with E-state index < -0.39 is 0 Å². The van der Waals surface area contributed by atoms with Crippen LogP contribution in [0.2, 0.25) is 0 Å². The fourth-order valence-electron chi connectivity index (χ4n) is 2.57. The Hall–Kier alpha value is -3.08. The SMILES string of the molecule is COc1ccccc1[C@@H](C)NC(=O)c1cc(-c2ccccc2)n[nH]1. The highest BCUT2D eigenvalue weighted by Crippen LogP contribution is 2.24. The first-order valence-corrected chi connectivity index (χ1v) is 7.73. The number of benzene rings is 2. The summed E-state index contributed by atoms with van der Waals surface area (Å²) in [5.74, 6) is 0.544. The largest absolute Gasteiger partial charge is 0.496 e. The third-order valence-corrected chi connectivity index (χ3v) is 3.85. The zero-order valence-electron chi connectivity index (χ0n) is 13.6. The van der Waals surface area contributed by atoms with E-state index in [-0.39, 0.29) is 11.9 Å². The minimum atomic E-state index is -0.205. The van der Waals surface area contributed by atoms with Crippen molar-refractivity contribution in [2.24, 2.45) is 0 Å². The van der Waals surface area contributed by atoms with Crippen LogP contribution in [0.15, 0.2) is 60.7 Å². The number of hydrogen-bond donors (Lipinski definition) is 2. The molecule has 0 spiro atoms. The van der Waals surface area contributed by atoms with Crippen molar-refractivity contribution < 1.29 is 9.53 Å². The molecule has 122 valence electrons. The Morgan fingerprint density at radius 1 is 1.12 bits per heavy atom. The average Bonchev–Trinajstić information content (AvgIpc) is 3.12. The summed E-state index contributed by atoms with van der Waals surface area (Å²) in [7, 11) is 1.62. The quantitative estimate of drug-likeness (QED) is 0.755. The van der Waals surface area contributed by atoms with Gasteiger partial charge in [-0.1, -0.05) is 48.5 Å². The maximum atomic E-state index is 12.4. The molecule has 1 heterocycles. The lowest BCUT2D eigenvalue weighted by molar-refractivity contribution is 0.0934. The molecule has 5 nitrogen and oxygen atoms in total. The van der Waals surface area contributed by atoms with Gasteiger partial charge in [0.1, 0.15) is 11.4 Å². The Balaban J connectivity index is 1.75. The van der Waals surface area contributed by atoms with Crippen LogP contribution in [-0.4, -0.2) is 23.2 Å². The van der Waals surface area contributed by atoms with Gasteiger partial charge in [-0.3, -0.25) is 9.89 Å². The van der Waals surface area contributed by atoms with E-state index in [9.17, 15) is 4.79 Å². The number of nitrogens with zero attached hydrogens (tertiary/aromatic N) is 1. The Kier molecular flexibility index (Phi) is 4.61. The predicted octanol–water partition coefficient (Wildman–Crippen LogP) is 3.58. The first kappa shape index (κ1) is 15.8. The van der Waals surface area contributed by atoms with Gasteiger partial charge >= 0.3 is 0 Å². The van der Waals surface area contributed by atoms with Crippen LogP contribution in [-0.2, 0) is 0 Å². The minimum absolute atomic E-state index is 0.183. The molecular formula is C19H19N3O2. The van der Waals surface area contributed by atoms with Crippen LogP contribution < -0.4 is 10.1 Å². The molecule has 0 radical (unpaired) electrons. The summed E-state index contributed by atoms with van der Waals surface area (Å²) in [6.07, 6.45) is 0. The highest BCUT2D eigenvalue weighted by Gasteiger charge is 2.16. The number of para-hydroxylation sites is 1. The standard InChI is InChI=1S/C19H19N3O2/c1-13(15-10-6-7-11-18(15)24-2)20-19(23)17-12-16(21-22-17)14-8-4-3-5-9-14/h3-13H,1-2H3,(H,20,23)(H,21,22)/t13-/m1/s1. The molecule has 0 unspecified atom stereocenters. The third-order valence-electron chi connectivity index (χ3n) is 3.85. The lowest BCUT2D eigenvalue weighted by Gasteiger charge is -2.16. The van der Waals surface area contributed by atoms with E-state index >= 15 is 0 Å². The highest BCUT2D eigenvalue weighted by atomic mass is 16.5. The van der Waals surface area contributed by atoms with E-state index in [1.807, 2.05) is 61.5 Å². The van der Waals surface area contributed by atoms with E-state index in [0.717, 1.165) is 22.6 Å². The first-order chi connectivity index (χ1) is 11.7. The average molecular weight is 321 g/mol. The molecule has 0 aliphatic carbocycles. The van der Waals surface area contributed by atoms with Crippen molar-refractivity contribution in [2.45, 2.75) is 13.0 Å². The summed E-state index contributed by atoms with van der Waals surface area (Å²) in [6.45, 7) is 1.92. The molecule has 2 N–H and O–H groups in total. The summed E-state index contributed by atoms with van der Waals surface area (Å²) in [5, 5.41) is 9.97. The lowest BCUT2D eigenvalue weighted by atomic mass is 10.1. The van der Waals surface area contributed by atoms with Crippen LogP contribution in [0.5, 0.6) is 5.75 Å². The van der Waals surface area contributed by atoms with Gasteiger partial charge in [0.2, 0.25) is 0 Å². The second-order valence-corrected chi connectivity index (χ2v) is 5.47. The summed E-state index contributed by atoms with van der Waals surface area (Å²) in [6, 6.07) is 18.9. The smallest absolute Gasteiger partial charge is 0.269 e. The van der Waals surface area contributed by atoms with Crippen molar-refractivity contribution in [3.8, 4) is 17.0 Å². The Bertz CT molecular complexity index is 827. The van der Waals surface area contributed by atoms with E-state index in [4.69, 9.17) is 4.74 Å². The van der Waals surface area contributed by atoms with Crippen LogP contribution in [0.4, 0.5) is 0 Å². The lowest BCUT2D eigenvalue weighted by Crippen LogP contribution is -2.27. The van der Waals surface area contributed by atoms with Crippen LogP contribution in [0.1, 0.15) is 29.0 Å². The topological polar surface area (TPSA) is 67.0 Å². The first-order valence-electron chi connectivity index (χ1n) is 7.73. The minimum Gasteiger partial charge on any atom is -0.496 e. The number of nitrogens with one attached hydrogen (secondary N) is 2. The molecule has 0 fully saturated rings. The molecule has 3 aromatic rings. The Morgan fingerprint density at radius 2 is 1.83 bits per heavy atom. The number of methoxy groups -OCH3 is 1. The van der Waals surface area contributed by atoms with Crippen molar-refractivity contribution in [3.63, 3.8) is 0 Å². The summed E-state index contributed by atoms with van der Waals surface area (Å²) < 4.78 is 5.34. The zero-order chi connectivity index (χ0) is 16.9. The van der Waals surface area contributed by atoms with Crippen molar-refractivity contribution in [1.29, 1.82) is 0 Å². The van der Waals surface area contributed by atoms with Crippen molar-refractivity contribution in [2.75, 3.05) is 7.11 Å². The predicted molar refractivity (Wildman–Crippen MR) is 92.9 cm³/mol. The number of H-pyrrole nitrogens is 1. The second kappa shape index (κ2) is 7.00. The molecule has 0 aliphatic heterocycles. The van der Waals surface area contributed by atoms with Crippen LogP contribution in [0, 0.1) is 0 Å². The summed E-state index contributed by atoms with van der Waals surface area (Å²) >= 11 is 0. The van der Waals surface area contributed by atoms with Crippen molar-refractivity contribution >= 4 is 5.91 Å². The maximum absolute atomic E-state index is 12.4. The van der Waals surface area contributed by atoms with Crippen LogP contribution in [0.3, 0.4) is 0 Å². The molecule has 24 heavy (non-hydrogen) atoms. The molecule has 1 amide bonds. The molecule has 0 saturated heterocycles. The molecule has 3 rings (SSSR count). The third kappa shape index (κ3) is 3.30. The number of ether oxygens (including phenoxy) is 1. The van der Waals surface area contributed by atoms with Gasteiger partial charge in [0.05, 0.1) is 18.8 Å². The van der Waals surface area contributed by atoms with Gasteiger partial charge in [-0.25, -0.2) is 0 Å².